The number of nitrogens with one attached hydrogen (secondary N) is 2. The summed E-state index contributed by atoms with van der Waals surface area (Å²) in [6.07, 6.45) is -0.827. The van der Waals surface area contributed by atoms with Crippen LogP contribution in [0.2, 0.25) is 0 Å². The van der Waals surface area contributed by atoms with E-state index in [1.165, 1.54) is 6.92 Å². The molecule has 2 amide bonds. The van der Waals surface area contributed by atoms with Crippen LogP contribution in [0.4, 0.5) is 4.79 Å². The zero-order valence-corrected chi connectivity index (χ0v) is 18.5. The third kappa shape index (κ3) is 8.14. The second kappa shape index (κ2) is 13.0. The van der Waals surface area contributed by atoms with Gasteiger partial charge in [0.25, 0.3) is 0 Å². The Hall–Kier alpha value is -2.42. The molecule has 0 aliphatic heterocycles. The molecule has 1 aromatic rings. The zero-order chi connectivity index (χ0) is 22.6. The predicted molar refractivity (Wildman–Crippen MR) is 109 cm³/mol. The van der Waals surface area contributed by atoms with Gasteiger partial charge in [0, 0.05) is 0 Å². The van der Waals surface area contributed by atoms with Gasteiger partial charge in [-0.15, -0.1) is 0 Å². The van der Waals surface area contributed by atoms with Gasteiger partial charge in [-0.2, -0.15) is 0 Å². The SMILES string of the molecule is CCOC(=O)C(NC(=O)[C@H](C)NC(=O)OCc1ccccc1)P(=O)(OCC)OCC. The number of esters is 1. The molecule has 1 aromatic carbocycles. The van der Waals surface area contributed by atoms with Crippen molar-refractivity contribution in [1.29, 1.82) is 0 Å². The van der Waals surface area contributed by atoms with E-state index in [9.17, 15) is 18.9 Å². The van der Waals surface area contributed by atoms with Crippen LogP contribution >= 0.6 is 7.60 Å². The molecule has 0 bridgehead atoms. The first-order chi connectivity index (χ1) is 14.3. The van der Waals surface area contributed by atoms with E-state index in [0.29, 0.717) is 0 Å². The van der Waals surface area contributed by atoms with E-state index in [1.807, 2.05) is 6.07 Å². The largest absolute Gasteiger partial charge is 0.464 e. The lowest BCUT2D eigenvalue weighted by Gasteiger charge is -2.26. The molecule has 168 valence electrons. The average molecular weight is 444 g/mol. The fraction of sp³-hybridized carbons (Fsp3) is 0.526. The van der Waals surface area contributed by atoms with Crippen molar-refractivity contribution < 1.29 is 37.5 Å². The van der Waals surface area contributed by atoms with Crippen molar-refractivity contribution in [2.45, 2.75) is 46.1 Å². The predicted octanol–water partition coefficient (Wildman–Crippen LogP) is 2.57. The molecule has 2 N–H and O–H groups in total. The lowest BCUT2D eigenvalue weighted by Crippen LogP contribution is -2.51. The summed E-state index contributed by atoms with van der Waals surface area (Å²) < 4.78 is 33.3. The van der Waals surface area contributed by atoms with Crippen LogP contribution in [0, 0.1) is 0 Å². The van der Waals surface area contributed by atoms with E-state index in [-0.39, 0.29) is 26.4 Å². The Kier molecular flexibility index (Phi) is 11.1. The Morgan fingerprint density at radius 3 is 2.07 bits per heavy atom. The van der Waals surface area contributed by atoms with Crippen LogP contribution in [-0.4, -0.2) is 49.6 Å². The number of rotatable bonds is 12. The fourth-order valence-electron chi connectivity index (χ4n) is 2.30. The number of carbonyl (C=O) groups excluding carboxylic acids is 3. The molecule has 0 spiro atoms. The molecule has 1 unspecified atom stereocenters. The van der Waals surface area contributed by atoms with Crippen LogP contribution in [0.1, 0.15) is 33.3 Å². The first kappa shape index (κ1) is 25.6. The number of alkyl carbamates (subject to hydrolysis) is 1. The topological polar surface area (TPSA) is 129 Å². The number of hydrogen-bond donors (Lipinski definition) is 2. The van der Waals surface area contributed by atoms with Crippen LogP contribution in [0.25, 0.3) is 0 Å². The number of amides is 2. The lowest BCUT2D eigenvalue weighted by molar-refractivity contribution is -0.145. The Bertz CT molecular complexity index is 733. The number of hydrogen-bond acceptors (Lipinski definition) is 8. The normalized spacial score (nSPS) is 13.1. The summed E-state index contributed by atoms with van der Waals surface area (Å²) in [5.41, 5.74) is 0.779. The van der Waals surface area contributed by atoms with Crippen molar-refractivity contribution in [2.24, 2.45) is 0 Å². The highest BCUT2D eigenvalue weighted by atomic mass is 31.2. The van der Waals surface area contributed by atoms with E-state index in [0.717, 1.165) is 5.56 Å². The summed E-state index contributed by atoms with van der Waals surface area (Å²) in [6, 6.07) is 7.91. The number of ether oxygens (including phenoxy) is 2. The summed E-state index contributed by atoms with van der Waals surface area (Å²) in [5, 5.41) is 4.64. The molecule has 10 nitrogen and oxygen atoms in total. The van der Waals surface area contributed by atoms with E-state index >= 15 is 0 Å². The van der Waals surface area contributed by atoms with E-state index in [2.05, 4.69) is 10.6 Å². The van der Waals surface area contributed by atoms with Gasteiger partial charge < -0.3 is 29.2 Å². The molecule has 0 fully saturated rings. The van der Waals surface area contributed by atoms with Crippen molar-refractivity contribution in [2.75, 3.05) is 19.8 Å². The third-order valence-corrected chi connectivity index (χ3v) is 5.87. The molecular weight excluding hydrogens is 415 g/mol. The first-order valence-electron chi connectivity index (χ1n) is 9.60. The molecule has 0 saturated carbocycles. The molecule has 1 rings (SSSR count). The first-order valence-corrected chi connectivity index (χ1v) is 11.2. The molecule has 0 heterocycles. The fourth-order valence-corrected chi connectivity index (χ4v) is 4.01. The maximum absolute atomic E-state index is 13.0. The van der Waals surface area contributed by atoms with Gasteiger partial charge in [-0.3, -0.25) is 9.36 Å². The van der Waals surface area contributed by atoms with Gasteiger partial charge in [0.2, 0.25) is 11.7 Å². The minimum absolute atomic E-state index is 0.00304. The van der Waals surface area contributed by atoms with Crippen molar-refractivity contribution in [1.82, 2.24) is 10.6 Å². The van der Waals surface area contributed by atoms with Crippen molar-refractivity contribution >= 4 is 25.6 Å². The Morgan fingerprint density at radius 1 is 0.933 bits per heavy atom. The summed E-state index contributed by atoms with van der Waals surface area (Å²) >= 11 is 0. The van der Waals surface area contributed by atoms with Crippen molar-refractivity contribution in [3.63, 3.8) is 0 Å². The number of benzene rings is 1. The van der Waals surface area contributed by atoms with E-state index < -0.39 is 37.4 Å². The minimum Gasteiger partial charge on any atom is -0.464 e. The van der Waals surface area contributed by atoms with Gasteiger partial charge >= 0.3 is 19.7 Å². The molecule has 2 atom stereocenters. The monoisotopic (exact) mass is 444 g/mol. The highest BCUT2D eigenvalue weighted by molar-refractivity contribution is 7.55. The molecule has 0 aromatic heterocycles. The van der Waals surface area contributed by atoms with Crippen LogP contribution in [-0.2, 0) is 39.3 Å². The highest BCUT2D eigenvalue weighted by Crippen LogP contribution is 2.52. The highest BCUT2D eigenvalue weighted by Gasteiger charge is 2.44. The average Bonchev–Trinajstić information content (AvgIpc) is 2.71. The van der Waals surface area contributed by atoms with Gasteiger partial charge in [-0.1, -0.05) is 30.3 Å². The maximum Gasteiger partial charge on any atom is 0.408 e. The maximum atomic E-state index is 13.0. The molecule has 0 saturated heterocycles. The van der Waals surface area contributed by atoms with Gasteiger partial charge in [-0.05, 0) is 33.3 Å². The van der Waals surface area contributed by atoms with E-state index in [1.54, 1.807) is 45.0 Å². The quantitative estimate of drug-likeness (QED) is 0.372. The molecule has 11 heteroatoms. The smallest absolute Gasteiger partial charge is 0.408 e. The van der Waals surface area contributed by atoms with Crippen molar-refractivity contribution in [3.8, 4) is 0 Å². The molecular formula is C19H29N2O8P. The standard InChI is InChI=1S/C19H29N2O8P/c1-5-26-18(23)17(30(25,28-6-2)29-7-3)21-16(22)14(4)20-19(24)27-13-15-11-9-8-10-12-15/h8-12,14,17H,5-7,13H2,1-4H3,(H,20,24)(H,21,22)/t14-,17?/m0/s1. The van der Waals surface area contributed by atoms with Crippen LogP contribution < -0.4 is 10.6 Å². The second-order valence-corrected chi connectivity index (χ2v) is 8.08. The summed E-state index contributed by atoms with van der Waals surface area (Å²) in [4.78, 5) is 36.7. The van der Waals surface area contributed by atoms with E-state index in [4.69, 9.17) is 18.5 Å². The molecule has 0 aliphatic carbocycles. The van der Waals surface area contributed by atoms with Gasteiger partial charge in [0.05, 0.1) is 19.8 Å². The summed E-state index contributed by atoms with van der Waals surface area (Å²) in [6.45, 7) is 6.10. The Morgan fingerprint density at radius 2 is 1.53 bits per heavy atom. The van der Waals surface area contributed by atoms with Gasteiger partial charge in [-0.25, -0.2) is 9.59 Å². The van der Waals surface area contributed by atoms with Crippen LogP contribution in [0.15, 0.2) is 30.3 Å². The zero-order valence-electron chi connectivity index (χ0n) is 17.6. The van der Waals surface area contributed by atoms with Crippen molar-refractivity contribution in [3.05, 3.63) is 35.9 Å². The molecule has 0 aliphatic rings. The summed E-state index contributed by atoms with van der Waals surface area (Å²) in [7, 11) is -4.05. The molecule has 30 heavy (non-hydrogen) atoms. The Balaban J connectivity index is 2.77. The third-order valence-electron chi connectivity index (χ3n) is 3.66. The molecule has 0 radical (unpaired) electrons. The number of carbonyl (C=O) groups is 3. The lowest BCUT2D eigenvalue weighted by atomic mass is 10.2. The summed E-state index contributed by atoms with van der Waals surface area (Å²) in [5.74, 6) is -3.42. The Labute approximate surface area is 176 Å². The van der Waals surface area contributed by atoms with Gasteiger partial charge in [0.15, 0.2) is 0 Å². The van der Waals surface area contributed by atoms with Crippen LogP contribution in [0.5, 0.6) is 0 Å². The van der Waals surface area contributed by atoms with Crippen LogP contribution in [0.3, 0.4) is 0 Å². The second-order valence-electron chi connectivity index (χ2n) is 5.97. The van der Waals surface area contributed by atoms with Gasteiger partial charge in [0.1, 0.15) is 12.6 Å². The minimum atomic E-state index is -4.05.